The van der Waals surface area contributed by atoms with Crippen LogP contribution in [0.15, 0.2) is 58.1 Å². The smallest absolute Gasteiger partial charge is 0.450 e. The number of nitrogens with zero attached hydrogens (tertiary/aromatic N) is 2. The molecule has 0 amide bonds. The van der Waals surface area contributed by atoms with Crippen molar-refractivity contribution >= 4 is 23.2 Å². The Morgan fingerprint density at radius 2 is 1.82 bits per heavy atom. The van der Waals surface area contributed by atoms with Crippen molar-refractivity contribution in [1.82, 2.24) is 14.5 Å². The van der Waals surface area contributed by atoms with Crippen LogP contribution in [0.5, 0.6) is 11.5 Å². The van der Waals surface area contributed by atoms with Crippen molar-refractivity contribution in [2.45, 2.75) is 25.3 Å². The molecule has 0 unspecified atom stereocenters. The number of ether oxygens (including phenoxy) is 3. The lowest BCUT2D eigenvalue weighted by molar-refractivity contribution is -0.274. The third kappa shape index (κ3) is 5.69. The second-order valence-electron chi connectivity index (χ2n) is 8.34. The monoisotopic (exact) mass is 554 g/mol. The van der Waals surface area contributed by atoms with E-state index in [0.717, 1.165) is 26.8 Å². The molecule has 0 saturated carbocycles. The number of ketones is 1. The maximum Gasteiger partial charge on any atom is 0.573 e. The van der Waals surface area contributed by atoms with Gasteiger partial charge in [-0.3, -0.25) is 24.0 Å². The molecule has 0 saturated heterocycles. The van der Waals surface area contributed by atoms with Crippen molar-refractivity contribution in [3.63, 3.8) is 0 Å². The minimum Gasteiger partial charge on any atom is -0.450 e. The molecule has 1 atom stereocenters. The lowest BCUT2D eigenvalue weighted by Gasteiger charge is -2.45. The first-order valence-electron chi connectivity index (χ1n) is 11.1. The zero-order valence-electron chi connectivity index (χ0n) is 20.1. The standard InChI is InChI=1S/C24H22ClF3N4O6/c1-31-20-19(21(34)32(22(31)35)12-16(33)13-36-2)23(30-20,29-11-14-6-8-15(25)9-7-14)37-17-4-3-5-18(10-17)38-24(26,27)28/h3-10,29-30H,11-13H2,1-2H3/t23-/m1/s1. The van der Waals surface area contributed by atoms with Crippen LogP contribution in [0, 0.1) is 0 Å². The zero-order chi connectivity index (χ0) is 27.7. The maximum atomic E-state index is 13.5. The second-order valence-corrected chi connectivity index (χ2v) is 8.78. The van der Waals surface area contributed by atoms with E-state index < -0.39 is 41.5 Å². The molecule has 1 aromatic heterocycles. The number of alkyl halides is 3. The van der Waals surface area contributed by atoms with E-state index in [1.807, 2.05) is 0 Å². The predicted octanol–water partition coefficient (Wildman–Crippen LogP) is 2.72. The summed E-state index contributed by atoms with van der Waals surface area (Å²) in [5.41, 5.74) is -0.890. The predicted molar refractivity (Wildman–Crippen MR) is 130 cm³/mol. The molecule has 0 bridgehead atoms. The molecule has 14 heteroatoms. The highest BCUT2D eigenvalue weighted by Gasteiger charge is 2.50. The van der Waals surface area contributed by atoms with Gasteiger partial charge in [-0.1, -0.05) is 29.8 Å². The van der Waals surface area contributed by atoms with Crippen molar-refractivity contribution in [2.24, 2.45) is 7.05 Å². The normalized spacial score (nSPS) is 16.3. The zero-order valence-corrected chi connectivity index (χ0v) is 20.9. The average molecular weight is 555 g/mol. The molecule has 202 valence electrons. The van der Waals surface area contributed by atoms with E-state index in [0.29, 0.717) is 5.02 Å². The number of fused-ring (bicyclic) bond motifs is 1. The molecule has 2 aromatic carbocycles. The molecule has 3 aromatic rings. The van der Waals surface area contributed by atoms with E-state index in [1.54, 1.807) is 24.3 Å². The number of rotatable bonds is 10. The Bertz CT molecular complexity index is 1470. The molecule has 2 heterocycles. The number of anilines is 1. The molecule has 0 aliphatic carbocycles. The lowest BCUT2D eigenvalue weighted by atomic mass is 10.0. The summed E-state index contributed by atoms with van der Waals surface area (Å²) >= 11 is 5.95. The van der Waals surface area contributed by atoms with Crippen LogP contribution in [0.1, 0.15) is 11.1 Å². The number of halogens is 4. The van der Waals surface area contributed by atoms with Crippen LogP contribution >= 0.6 is 11.6 Å². The number of methoxy groups -OCH3 is 1. The minimum atomic E-state index is -4.93. The number of aromatic nitrogens is 2. The molecule has 1 aliphatic heterocycles. The van der Waals surface area contributed by atoms with Gasteiger partial charge in [-0.25, -0.2) is 4.79 Å². The van der Waals surface area contributed by atoms with Gasteiger partial charge in [0.25, 0.3) is 11.4 Å². The third-order valence-corrected chi connectivity index (χ3v) is 5.85. The van der Waals surface area contributed by atoms with Crippen molar-refractivity contribution in [1.29, 1.82) is 0 Å². The Morgan fingerprint density at radius 3 is 2.47 bits per heavy atom. The SMILES string of the molecule is COCC(=O)Cn1c(=O)c2c(n(C)c1=O)N[C@@]2(NCc1ccc(Cl)cc1)Oc1cccc(OC(F)(F)F)c1. The molecule has 10 nitrogen and oxygen atoms in total. The quantitative estimate of drug-likeness (QED) is 0.368. The number of Topliss-reactive ketones (excluding diaryl/α,β-unsaturated/α-hetero) is 1. The lowest BCUT2D eigenvalue weighted by Crippen LogP contribution is -2.65. The number of hydrogen-bond donors (Lipinski definition) is 2. The fraction of sp³-hybridized carbons (Fsp3) is 0.292. The van der Waals surface area contributed by atoms with E-state index in [1.165, 1.54) is 26.3 Å². The molecule has 4 rings (SSSR count). The van der Waals surface area contributed by atoms with Gasteiger partial charge in [-0.15, -0.1) is 13.2 Å². The van der Waals surface area contributed by atoms with Gasteiger partial charge >= 0.3 is 12.1 Å². The number of hydrogen-bond acceptors (Lipinski definition) is 8. The van der Waals surface area contributed by atoms with E-state index in [9.17, 15) is 27.6 Å². The van der Waals surface area contributed by atoms with Crippen LogP contribution in [0.3, 0.4) is 0 Å². The molecule has 2 N–H and O–H groups in total. The Labute approximate surface area is 218 Å². The van der Waals surface area contributed by atoms with Gasteiger partial charge in [-0.05, 0) is 29.8 Å². The average Bonchev–Trinajstić information content (AvgIpc) is 2.82. The highest BCUT2D eigenvalue weighted by molar-refractivity contribution is 6.30. The molecular weight excluding hydrogens is 533 g/mol. The van der Waals surface area contributed by atoms with Crippen molar-refractivity contribution in [3.05, 3.63) is 85.5 Å². The van der Waals surface area contributed by atoms with Crippen LogP contribution < -0.4 is 31.4 Å². The summed E-state index contributed by atoms with van der Waals surface area (Å²) in [6.07, 6.45) is -4.93. The molecular formula is C24H22ClF3N4O6. The Kier molecular flexibility index (Phi) is 7.54. The first-order valence-corrected chi connectivity index (χ1v) is 11.5. The molecule has 1 aliphatic rings. The molecule has 38 heavy (non-hydrogen) atoms. The van der Waals surface area contributed by atoms with Gasteiger partial charge in [0.15, 0.2) is 5.78 Å². The van der Waals surface area contributed by atoms with Gasteiger partial charge in [-0.2, -0.15) is 0 Å². The van der Waals surface area contributed by atoms with E-state index >= 15 is 0 Å². The van der Waals surface area contributed by atoms with Gasteiger partial charge in [0, 0.05) is 31.8 Å². The van der Waals surface area contributed by atoms with Gasteiger partial charge in [0.2, 0.25) is 0 Å². The van der Waals surface area contributed by atoms with Crippen molar-refractivity contribution in [3.8, 4) is 11.5 Å². The van der Waals surface area contributed by atoms with Gasteiger partial charge in [0.05, 0.1) is 6.54 Å². The number of carbonyl (C=O) groups excluding carboxylic acids is 1. The summed E-state index contributed by atoms with van der Waals surface area (Å²) in [6, 6.07) is 11.5. The first-order chi connectivity index (χ1) is 17.9. The molecule has 0 spiro atoms. The second kappa shape index (κ2) is 10.5. The summed E-state index contributed by atoms with van der Waals surface area (Å²) < 4.78 is 54.9. The van der Waals surface area contributed by atoms with E-state index in [2.05, 4.69) is 15.4 Å². The van der Waals surface area contributed by atoms with Gasteiger partial charge < -0.3 is 19.5 Å². The summed E-state index contributed by atoms with van der Waals surface area (Å²) in [7, 11) is 2.70. The van der Waals surface area contributed by atoms with E-state index in [-0.39, 0.29) is 30.3 Å². The van der Waals surface area contributed by atoms with Crippen LogP contribution in [0.2, 0.25) is 5.02 Å². The Morgan fingerprint density at radius 1 is 1.13 bits per heavy atom. The minimum absolute atomic E-state index is 0.0547. The van der Waals surface area contributed by atoms with Crippen LogP contribution in [0.25, 0.3) is 0 Å². The maximum absolute atomic E-state index is 13.5. The fourth-order valence-corrected chi connectivity index (χ4v) is 4.03. The number of benzene rings is 2. The van der Waals surface area contributed by atoms with Crippen LogP contribution in [-0.4, -0.2) is 35.0 Å². The summed E-state index contributed by atoms with van der Waals surface area (Å²) in [4.78, 5) is 38.4. The Hall–Kier alpha value is -3.81. The van der Waals surface area contributed by atoms with Crippen molar-refractivity contribution in [2.75, 3.05) is 19.0 Å². The molecule has 0 radical (unpaired) electrons. The van der Waals surface area contributed by atoms with Gasteiger partial charge in [0.1, 0.15) is 29.5 Å². The summed E-state index contributed by atoms with van der Waals surface area (Å²) in [6.45, 7) is -0.741. The third-order valence-electron chi connectivity index (χ3n) is 5.60. The summed E-state index contributed by atoms with van der Waals surface area (Å²) in [5, 5.41) is 6.47. The largest absolute Gasteiger partial charge is 0.573 e. The Balaban J connectivity index is 1.76. The highest BCUT2D eigenvalue weighted by Crippen LogP contribution is 2.39. The van der Waals surface area contributed by atoms with Crippen molar-refractivity contribution < 1.29 is 32.2 Å². The highest BCUT2D eigenvalue weighted by atomic mass is 35.5. The van der Waals surface area contributed by atoms with E-state index in [4.69, 9.17) is 21.1 Å². The summed E-state index contributed by atoms with van der Waals surface area (Å²) in [5.74, 6) is -2.80. The number of nitrogens with one attached hydrogen (secondary N) is 2. The van der Waals surface area contributed by atoms with Crippen LogP contribution in [0.4, 0.5) is 19.0 Å². The topological polar surface area (TPSA) is 113 Å². The first kappa shape index (κ1) is 27.2. The fourth-order valence-electron chi connectivity index (χ4n) is 3.91. The number of carbonyl (C=O) groups is 1. The van der Waals surface area contributed by atoms with Crippen LogP contribution in [-0.2, 0) is 35.5 Å². The molecule has 0 fully saturated rings.